The van der Waals surface area contributed by atoms with Crippen LogP contribution in [0.25, 0.3) is 11.3 Å². The molecule has 1 aromatic heterocycles. The van der Waals surface area contributed by atoms with Gasteiger partial charge in [0.15, 0.2) is 5.69 Å². The summed E-state index contributed by atoms with van der Waals surface area (Å²) in [4.78, 5) is 10.9. The maximum atomic E-state index is 10.9. The Bertz CT molecular complexity index is 650. The summed E-state index contributed by atoms with van der Waals surface area (Å²) in [6, 6.07) is 5.18. The van der Waals surface area contributed by atoms with Gasteiger partial charge in [0, 0.05) is 12.6 Å². The van der Waals surface area contributed by atoms with E-state index in [-0.39, 0.29) is 5.69 Å². The van der Waals surface area contributed by atoms with Gasteiger partial charge >= 0.3 is 5.97 Å². The van der Waals surface area contributed by atoms with Crippen molar-refractivity contribution in [1.29, 1.82) is 0 Å². The molecule has 0 spiro atoms. The number of hydrogen-bond acceptors (Lipinski definition) is 3. The Morgan fingerprint density at radius 2 is 2.11 bits per heavy atom. The standard InChI is InChI=1S/C13H13ClN2O3/c1-7-4-8(12(14)11(5-7)19-3)10-6-9(13(17)18)15-16(10)2/h4-6H,1-3H3,(H,17,18). The molecule has 0 aliphatic rings. The number of carboxylic acid groups (broad SMARTS) is 1. The molecule has 1 aromatic carbocycles. The first-order valence-corrected chi connectivity index (χ1v) is 5.93. The molecule has 100 valence electrons. The molecule has 0 saturated carbocycles. The summed E-state index contributed by atoms with van der Waals surface area (Å²) < 4.78 is 6.69. The number of benzene rings is 1. The first-order chi connectivity index (χ1) is 8.93. The maximum Gasteiger partial charge on any atom is 0.356 e. The van der Waals surface area contributed by atoms with Gasteiger partial charge in [0.25, 0.3) is 0 Å². The second kappa shape index (κ2) is 4.93. The number of methoxy groups -OCH3 is 1. The van der Waals surface area contributed by atoms with E-state index in [0.29, 0.717) is 22.0 Å². The molecule has 0 saturated heterocycles. The van der Waals surface area contributed by atoms with Crippen molar-refractivity contribution in [2.75, 3.05) is 7.11 Å². The normalized spacial score (nSPS) is 10.5. The molecule has 0 bridgehead atoms. The highest BCUT2D eigenvalue weighted by Gasteiger charge is 2.17. The highest BCUT2D eigenvalue weighted by atomic mass is 35.5. The second-order valence-corrected chi connectivity index (χ2v) is 4.55. The number of nitrogens with zero attached hydrogens (tertiary/aromatic N) is 2. The molecule has 19 heavy (non-hydrogen) atoms. The van der Waals surface area contributed by atoms with Crippen molar-refractivity contribution >= 4 is 17.6 Å². The van der Waals surface area contributed by atoms with Crippen LogP contribution in [0, 0.1) is 6.92 Å². The minimum absolute atomic E-state index is 0.0194. The van der Waals surface area contributed by atoms with Crippen molar-refractivity contribution in [2.24, 2.45) is 7.05 Å². The fourth-order valence-electron chi connectivity index (χ4n) is 1.89. The largest absolute Gasteiger partial charge is 0.495 e. The number of carboxylic acids is 1. The van der Waals surface area contributed by atoms with E-state index in [2.05, 4.69) is 5.10 Å². The molecule has 0 fully saturated rings. The summed E-state index contributed by atoms with van der Waals surface area (Å²) in [6.45, 7) is 1.91. The van der Waals surface area contributed by atoms with Gasteiger partial charge in [-0.1, -0.05) is 11.6 Å². The number of halogens is 1. The molecule has 6 heteroatoms. The highest BCUT2D eigenvalue weighted by Crippen LogP contribution is 2.36. The number of hydrogen-bond donors (Lipinski definition) is 1. The molecule has 1 N–H and O–H groups in total. The lowest BCUT2D eigenvalue weighted by Crippen LogP contribution is -1.99. The lowest BCUT2D eigenvalue weighted by atomic mass is 10.1. The van der Waals surface area contributed by atoms with Gasteiger partial charge in [-0.15, -0.1) is 0 Å². The highest BCUT2D eigenvalue weighted by molar-refractivity contribution is 6.34. The minimum Gasteiger partial charge on any atom is -0.495 e. The van der Waals surface area contributed by atoms with Crippen molar-refractivity contribution in [3.63, 3.8) is 0 Å². The Morgan fingerprint density at radius 1 is 1.42 bits per heavy atom. The zero-order valence-corrected chi connectivity index (χ0v) is 11.5. The summed E-state index contributed by atoms with van der Waals surface area (Å²) in [5, 5.41) is 13.3. The van der Waals surface area contributed by atoms with Crippen LogP contribution < -0.4 is 4.74 Å². The smallest absolute Gasteiger partial charge is 0.356 e. The van der Waals surface area contributed by atoms with Gasteiger partial charge in [-0.05, 0) is 30.7 Å². The van der Waals surface area contributed by atoms with Gasteiger partial charge in [0.05, 0.1) is 17.8 Å². The van der Waals surface area contributed by atoms with Crippen LogP contribution in [-0.4, -0.2) is 28.0 Å². The molecule has 2 aromatic rings. The van der Waals surface area contributed by atoms with E-state index in [1.54, 1.807) is 7.05 Å². The topological polar surface area (TPSA) is 64.3 Å². The van der Waals surface area contributed by atoms with E-state index in [9.17, 15) is 4.79 Å². The number of rotatable bonds is 3. The first kappa shape index (κ1) is 13.4. The predicted molar refractivity (Wildman–Crippen MR) is 71.9 cm³/mol. The number of aromatic nitrogens is 2. The lowest BCUT2D eigenvalue weighted by Gasteiger charge is -2.10. The fourth-order valence-corrected chi connectivity index (χ4v) is 2.18. The quantitative estimate of drug-likeness (QED) is 0.939. The lowest BCUT2D eigenvalue weighted by molar-refractivity contribution is 0.0689. The van der Waals surface area contributed by atoms with Crippen molar-refractivity contribution in [3.05, 3.63) is 34.5 Å². The Kier molecular flexibility index (Phi) is 3.48. The van der Waals surface area contributed by atoms with Crippen molar-refractivity contribution in [2.45, 2.75) is 6.92 Å². The van der Waals surface area contributed by atoms with E-state index in [1.165, 1.54) is 17.9 Å². The fraction of sp³-hybridized carbons (Fsp3) is 0.231. The average molecular weight is 281 g/mol. The number of aromatic carboxylic acids is 1. The van der Waals surface area contributed by atoms with E-state index >= 15 is 0 Å². The third kappa shape index (κ3) is 2.42. The minimum atomic E-state index is -1.07. The van der Waals surface area contributed by atoms with Crippen LogP contribution in [0.4, 0.5) is 0 Å². The van der Waals surface area contributed by atoms with Crippen LogP contribution in [-0.2, 0) is 7.05 Å². The van der Waals surface area contributed by atoms with Crippen molar-refractivity contribution in [1.82, 2.24) is 9.78 Å². The van der Waals surface area contributed by atoms with Crippen LogP contribution in [0.3, 0.4) is 0 Å². The van der Waals surface area contributed by atoms with Crippen LogP contribution in [0.2, 0.25) is 5.02 Å². The van der Waals surface area contributed by atoms with E-state index < -0.39 is 5.97 Å². The molecule has 0 radical (unpaired) electrons. The zero-order chi connectivity index (χ0) is 14.2. The third-order valence-corrected chi connectivity index (χ3v) is 3.17. The molecule has 0 amide bonds. The van der Waals surface area contributed by atoms with E-state index in [0.717, 1.165) is 5.56 Å². The summed E-state index contributed by atoms with van der Waals surface area (Å²) in [5.74, 6) is -0.521. The van der Waals surface area contributed by atoms with Gasteiger partial charge in [0.2, 0.25) is 0 Å². The van der Waals surface area contributed by atoms with Gasteiger partial charge < -0.3 is 9.84 Å². The molecule has 1 heterocycles. The maximum absolute atomic E-state index is 10.9. The van der Waals surface area contributed by atoms with Gasteiger partial charge in [0.1, 0.15) is 5.75 Å². The molecule has 0 unspecified atom stereocenters. The molecule has 0 aliphatic carbocycles. The second-order valence-electron chi connectivity index (χ2n) is 4.17. The number of ether oxygens (including phenoxy) is 1. The Labute approximate surface area is 115 Å². The Hall–Kier alpha value is -2.01. The summed E-state index contributed by atoms with van der Waals surface area (Å²) >= 11 is 6.26. The molecule has 0 aliphatic heterocycles. The number of carbonyl (C=O) groups is 1. The van der Waals surface area contributed by atoms with Gasteiger partial charge in [-0.25, -0.2) is 4.79 Å². The summed E-state index contributed by atoms with van der Waals surface area (Å²) in [7, 11) is 3.21. The van der Waals surface area contributed by atoms with Crippen molar-refractivity contribution in [3.8, 4) is 17.0 Å². The SMILES string of the molecule is COc1cc(C)cc(-c2cc(C(=O)O)nn2C)c1Cl. The average Bonchev–Trinajstić information content (AvgIpc) is 2.74. The van der Waals surface area contributed by atoms with Gasteiger partial charge in [-0.3, -0.25) is 4.68 Å². The Balaban J connectivity index is 2.65. The summed E-state index contributed by atoms with van der Waals surface area (Å²) in [5.41, 5.74) is 2.27. The van der Waals surface area contributed by atoms with E-state index in [4.69, 9.17) is 21.4 Å². The number of aryl methyl sites for hydroxylation is 2. The summed E-state index contributed by atoms with van der Waals surface area (Å²) in [6.07, 6.45) is 0. The molecular weight excluding hydrogens is 268 g/mol. The van der Waals surface area contributed by atoms with Crippen LogP contribution in [0.1, 0.15) is 16.1 Å². The molecule has 0 atom stereocenters. The zero-order valence-electron chi connectivity index (χ0n) is 10.8. The molecule has 2 rings (SSSR count). The molecular formula is C13H13ClN2O3. The van der Waals surface area contributed by atoms with Gasteiger partial charge in [-0.2, -0.15) is 5.10 Å². The molecule has 5 nitrogen and oxygen atoms in total. The van der Waals surface area contributed by atoms with Crippen molar-refractivity contribution < 1.29 is 14.6 Å². The predicted octanol–water partition coefficient (Wildman–Crippen LogP) is 2.76. The van der Waals surface area contributed by atoms with Crippen LogP contribution >= 0.6 is 11.6 Å². The van der Waals surface area contributed by atoms with E-state index in [1.807, 2.05) is 19.1 Å². The monoisotopic (exact) mass is 280 g/mol. The van der Waals surface area contributed by atoms with Crippen LogP contribution in [0.5, 0.6) is 5.75 Å². The first-order valence-electron chi connectivity index (χ1n) is 5.56. The Morgan fingerprint density at radius 3 is 2.63 bits per heavy atom. The van der Waals surface area contributed by atoms with Crippen LogP contribution in [0.15, 0.2) is 18.2 Å². The third-order valence-electron chi connectivity index (χ3n) is 2.78.